The number of amides is 1. The number of carbonyl (C=O) groups is 1. The van der Waals surface area contributed by atoms with Gasteiger partial charge in [-0.25, -0.2) is 9.67 Å². The Bertz CT molecular complexity index is 931. The van der Waals surface area contributed by atoms with E-state index in [1.807, 2.05) is 17.7 Å². The standard InChI is InChI=1S/C17H17F3N6O/c1-12-21-5-7-25(12)8-6-22-16(27)15-11-26(24-23-15)10-13-3-2-4-14(9-13)17(18,19)20/h2-5,7,9,11H,6,8,10H2,1H3,(H,22,27). The van der Waals surface area contributed by atoms with Crippen molar-refractivity contribution >= 4 is 5.91 Å². The monoisotopic (exact) mass is 378 g/mol. The van der Waals surface area contributed by atoms with Gasteiger partial charge in [-0.05, 0) is 24.6 Å². The number of rotatable bonds is 6. The number of hydrogen-bond donors (Lipinski definition) is 1. The molecule has 142 valence electrons. The summed E-state index contributed by atoms with van der Waals surface area (Å²) in [6.07, 6.45) is 0.485. The van der Waals surface area contributed by atoms with Crippen LogP contribution in [0.15, 0.2) is 42.9 Å². The van der Waals surface area contributed by atoms with Gasteiger partial charge in [0.1, 0.15) is 5.82 Å². The molecule has 0 atom stereocenters. The fourth-order valence-electron chi connectivity index (χ4n) is 2.53. The maximum Gasteiger partial charge on any atom is 0.416 e. The highest BCUT2D eigenvalue weighted by Gasteiger charge is 2.30. The Morgan fingerprint density at radius 2 is 2.11 bits per heavy atom. The first-order valence-corrected chi connectivity index (χ1v) is 8.15. The molecule has 3 rings (SSSR count). The molecule has 0 fully saturated rings. The Labute approximate surface area is 152 Å². The van der Waals surface area contributed by atoms with E-state index in [1.165, 1.54) is 16.9 Å². The van der Waals surface area contributed by atoms with E-state index < -0.39 is 17.6 Å². The topological polar surface area (TPSA) is 77.6 Å². The normalized spacial score (nSPS) is 11.6. The summed E-state index contributed by atoms with van der Waals surface area (Å²) in [5.41, 5.74) is -0.213. The lowest BCUT2D eigenvalue weighted by Crippen LogP contribution is -2.27. The Kier molecular flexibility index (Phi) is 5.24. The highest BCUT2D eigenvalue weighted by Crippen LogP contribution is 2.29. The molecule has 0 unspecified atom stereocenters. The number of nitrogens with zero attached hydrogens (tertiary/aromatic N) is 5. The molecule has 0 saturated heterocycles. The molecule has 0 saturated carbocycles. The molecule has 1 aromatic carbocycles. The summed E-state index contributed by atoms with van der Waals surface area (Å²) in [4.78, 5) is 16.2. The molecule has 2 heterocycles. The van der Waals surface area contributed by atoms with E-state index >= 15 is 0 Å². The number of carbonyl (C=O) groups excluding carboxylic acids is 1. The molecule has 0 bridgehead atoms. The molecule has 1 N–H and O–H groups in total. The number of hydrogen-bond acceptors (Lipinski definition) is 4. The molecule has 0 aliphatic heterocycles. The molecular weight excluding hydrogens is 361 g/mol. The molecule has 0 radical (unpaired) electrons. The van der Waals surface area contributed by atoms with Crippen molar-refractivity contribution in [3.05, 3.63) is 65.5 Å². The first-order valence-electron chi connectivity index (χ1n) is 8.15. The molecule has 0 aliphatic carbocycles. The van der Waals surface area contributed by atoms with Crippen LogP contribution in [0.3, 0.4) is 0 Å². The van der Waals surface area contributed by atoms with E-state index in [4.69, 9.17) is 0 Å². The Hall–Kier alpha value is -3.17. The molecule has 0 aliphatic rings. The van der Waals surface area contributed by atoms with E-state index in [9.17, 15) is 18.0 Å². The zero-order valence-corrected chi connectivity index (χ0v) is 14.4. The first-order chi connectivity index (χ1) is 12.8. The number of aromatic nitrogens is 5. The van der Waals surface area contributed by atoms with Crippen LogP contribution in [0.1, 0.15) is 27.4 Å². The van der Waals surface area contributed by atoms with Crippen LogP contribution in [0.25, 0.3) is 0 Å². The number of alkyl halides is 3. The number of halogens is 3. The fraction of sp³-hybridized carbons (Fsp3) is 0.294. The van der Waals surface area contributed by atoms with Crippen LogP contribution in [0.2, 0.25) is 0 Å². The first kappa shape index (κ1) is 18.6. The van der Waals surface area contributed by atoms with Gasteiger partial charge < -0.3 is 9.88 Å². The lowest BCUT2D eigenvalue weighted by Gasteiger charge is -2.08. The Morgan fingerprint density at radius 3 is 2.81 bits per heavy atom. The van der Waals surface area contributed by atoms with Crippen LogP contribution < -0.4 is 5.32 Å². The Balaban J connectivity index is 1.58. The molecule has 0 spiro atoms. The van der Waals surface area contributed by atoms with Gasteiger partial charge in [0.25, 0.3) is 5.91 Å². The minimum absolute atomic E-state index is 0.0818. The molecular formula is C17H17F3N6O. The van der Waals surface area contributed by atoms with Crippen LogP contribution in [-0.2, 0) is 19.3 Å². The Morgan fingerprint density at radius 1 is 1.30 bits per heavy atom. The largest absolute Gasteiger partial charge is 0.416 e. The van der Waals surface area contributed by atoms with Gasteiger partial charge in [0.2, 0.25) is 0 Å². The summed E-state index contributed by atoms with van der Waals surface area (Å²) >= 11 is 0. The van der Waals surface area contributed by atoms with Gasteiger partial charge in [0, 0.05) is 25.5 Å². The fourth-order valence-corrected chi connectivity index (χ4v) is 2.53. The smallest absolute Gasteiger partial charge is 0.349 e. The van der Waals surface area contributed by atoms with Crippen LogP contribution in [0.4, 0.5) is 13.2 Å². The van der Waals surface area contributed by atoms with E-state index in [2.05, 4.69) is 20.6 Å². The summed E-state index contributed by atoms with van der Waals surface area (Å²) in [5, 5.41) is 10.3. The van der Waals surface area contributed by atoms with Crippen molar-refractivity contribution in [2.45, 2.75) is 26.2 Å². The number of imidazole rings is 1. The van der Waals surface area contributed by atoms with Crippen molar-refractivity contribution in [1.82, 2.24) is 29.9 Å². The minimum atomic E-state index is -4.41. The van der Waals surface area contributed by atoms with Gasteiger partial charge in [-0.1, -0.05) is 17.3 Å². The van der Waals surface area contributed by atoms with Crippen molar-refractivity contribution in [2.75, 3.05) is 6.54 Å². The number of aryl methyl sites for hydroxylation is 1. The third-order valence-corrected chi connectivity index (χ3v) is 3.93. The van der Waals surface area contributed by atoms with Gasteiger partial charge in [0.15, 0.2) is 5.69 Å². The van der Waals surface area contributed by atoms with E-state index in [1.54, 1.807) is 12.3 Å². The van der Waals surface area contributed by atoms with Gasteiger partial charge >= 0.3 is 6.18 Å². The highest BCUT2D eigenvalue weighted by molar-refractivity contribution is 5.91. The van der Waals surface area contributed by atoms with Crippen LogP contribution in [0, 0.1) is 6.92 Å². The summed E-state index contributed by atoms with van der Waals surface area (Å²) < 4.78 is 41.5. The predicted octanol–water partition coefficient (Wildman–Crippen LogP) is 2.28. The summed E-state index contributed by atoms with van der Waals surface area (Å²) in [6, 6.07) is 4.95. The van der Waals surface area contributed by atoms with Gasteiger partial charge in [0.05, 0.1) is 18.3 Å². The van der Waals surface area contributed by atoms with Crippen LogP contribution in [-0.4, -0.2) is 37.0 Å². The van der Waals surface area contributed by atoms with Crippen molar-refractivity contribution in [3.8, 4) is 0 Å². The molecule has 27 heavy (non-hydrogen) atoms. The lowest BCUT2D eigenvalue weighted by molar-refractivity contribution is -0.137. The average molecular weight is 378 g/mol. The quantitative estimate of drug-likeness (QED) is 0.714. The summed E-state index contributed by atoms with van der Waals surface area (Å²) in [5.74, 6) is 0.444. The third kappa shape index (κ3) is 4.72. The molecule has 3 aromatic rings. The van der Waals surface area contributed by atoms with Gasteiger partial charge in [-0.15, -0.1) is 5.10 Å². The van der Waals surface area contributed by atoms with Gasteiger partial charge in [-0.2, -0.15) is 13.2 Å². The SMILES string of the molecule is Cc1nccn1CCNC(=O)c1cn(Cc2cccc(C(F)(F)F)c2)nn1. The zero-order valence-electron chi connectivity index (χ0n) is 14.4. The molecule has 10 heteroatoms. The third-order valence-electron chi connectivity index (χ3n) is 3.93. The maximum absolute atomic E-state index is 12.8. The van der Waals surface area contributed by atoms with Crippen molar-refractivity contribution in [3.63, 3.8) is 0 Å². The second kappa shape index (κ2) is 7.60. The number of nitrogens with one attached hydrogen (secondary N) is 1. The van der Waals surface area contributed by atoms with Crippen molar-refractivity contribution in [2.24, 2.45) is 0 Å². The van der Waals surface area contributed by atoms with Crippen LogP contribution in [0.5, 0.6) is 0 Å². The highest BCUT2D eigenvalue weighted by atomic mass is 19.4. The average Bonchev–Trinajstić information content (AvgIpc) is 3.24. The van der Waals surface area contributed by atoms with E-state index in [0.29, 0.717) is 18.7 Å². The molecule has 1 amide bonds. The maximum atomic E-state index is 12.8. The predicted molar refractivity (Wildman–Crippen MR) is 89.9 cm³/mol. The summed E-state index contributed by atoms with van der Waals surface area (Å²) in [7, 11) is 0. The van der Waals surface area contributed by atoms with Crippen molar-refractivity contribution in [1.29, 1.82) is 0 Å². The zero-order chi connectivity index (χ0) is 19.4. The van der Waals surface area contributed by atoms with E-state index in [0.717, 1.165) is 18.0 Å². The molecule has 2 aromatic heterocycles. The summed E-state index contributed by atoms with van der Waals surface area (Å²) in [6.45, 7) is 2.89. The van der Waals surface area contributed by atoms with E-state index in [-0.39, 0.29) is 12.2 Å². The second-order valence-corrected chi connectivity index (χ2v) is 5.92. The minimum Gasteiger partial charge on any atom is -0.349 e. The number of benzene rings is 1. The lowest BCUT2D eigenvalue weighted by atomic mass is 10.1. The van der Waals surface area contributed by atoms with Crippen LogP contribution >= 0.6 is 0 Å². The molecule has 7 nitrogen and oxygen atoms in total. The second-order valence-electron chi connectivity index (χ2n) is 5.92. The van der Waals surface area contributed by atoms with Gasteiger partial charge in [-0.3, -0.25) is 4.79 Å². The van der Waals surface area contributed by atoms with Crippen molar-refractivity contribution < 1.29 is 18.0 Å².